The van der Waals surface area contributed by atoms with Gasteiger partial charge < -0.3 is 9.84 Å². The van der Waals surface area contributed by atoms with Crippen molar-refractivity contribution in [2.24, 2.45) is 11.3 Å². The lowest BCUT2D eigenvalue weighted by Gasteiger charge is -2.29. The van der Waals surface area contributed by atoms with Gasteiger partial charge in [-0.1, -0.05) is 6.92 Å². The summed E-state index contributed by atoms with van der Waals surface area (Å²) in [5.41, 5.74) is -0.857. The molecular weight excluding hydrogens is 268 g/mol. The van der Waals surface area contributed by atoms with E-state index in [1.807, 2.05) is 0 Å². The summed E-state index contributed by atoms with van der Waals surface area (Å²) in [4.78, 5) is 11.7. The normalized spacial score (nSPS) is 31.5. The number of hydrogen-bond donors (Lipinski definition) is 1. The van der Waals surface area contributed by atoms with E-state index in [-0.39, 0.29) is 17.6 Å². The molecule has 0 radical (unpaired) electrons. The summed E-state index contributed by atoms with van der Waals surface area (Å²) in [6.07, 6.45) is 3.18. The monoisotopic (exact) mass is 290 g/mol. The van der Waals surface area contributed by atoms with Gasteiger partial charge in [0.2, 0.25) is 0 Å². The molecule has 0 spiro atoms. The second-order valence-corrected chi connectivity index (χ2v) is 8.15. The molecule has 0 aromatic heterocycles. The zero-order valence-electron chi connectivity index (χ0n) is 11.3. The SMILES string of the molecule is CCS(=O)(=O)CCCC1(C(=O)O)CCOC1C1CC1. The lowest BCUT2D eigenvalue weighted by molar-refractivity contribution is -0.154. The van der Waals surface area contributed by atoms with Crippen molar-refractivity contribution in [1.29, 1.82) is 0 Å². The highest BCUT2D eigenvalue weighted by molar-refractivity contribution is 7.91. The molecule has 1 aliphatic heterocycles. The Kier molecular flexibility index (Phi) is 4.20. The first-order valence-electron chi connectivity index (χ1n) is 6.97. The summed E-state index contributed by atoms with van der Waals surface area (Å²) in [5, 5.41) is 9.57. The van der Waals surface area contributed by atoms with Crippen LogP contribution in [-0.2, 0) is 19.4 Å². The van der Waals surface area contributed by atoms with Gasteiger partial charge in [-0.05, 0) is 38.0 Å². The van der Waals surface area contributed by atoms with E-state index in [1.165, 1.54) is 0 Å². The van der Waals surface area contributed by atoms with Gasteiger partial charge in [-0.15, -0.1) is 0 Å². The van der Waals surface area contributed by atoms with Gasteiger partial charge in [0.1, 0.15) is 9.84 Å². The largest absolute Gasteiger partial charge is 0.481 e. The molecule has 0 aromatic rings. The fraction of sp³-hybridized carbons (Fsp3) is 0.923. The molecule has 1 saturated heterocycles. The Morgan fingerprint density at radius 1 is 1.42 bits per heavy atom. The van der Waals surface area contributed by atoms with Crippen molar-refractivity contribution in [3.8, 4) is 0 Å². The minimum Gasteiger partial charge on any atom is -0.481 e. The lowest BCUT2D eigenvalue weighted by Crippen LogP contribution is -2.40. The van der Waals surface area contributed by atoms with E-state index in [4.69, 9.17) is 4.74 Å². The van der Waals surface area contributed by atoms with Crippen LogP contribution in [0.3, 0.4) is 0 Å². The van der Waals surface area contributed by atoms with E-state index in [9.17, 15) is 18.3 Å². The van der Waals surface area contributed by atoms with E-state index in [0.717, 1.165) is 12.8 Å². The molecule has 2 atom stereocenters. The Balaban J connectivity index is 2.02. The molecule has 19 heavy (non-hydrogen) atoms. The van der Waals surface area contributed by atoms with Crippen molar-refractivity contribution in [3.63, 3.8) is 0 Å². The van der Waals surface area contributed by atoms with Gasteiger partial charge in [-0.2, -0.15) is 0 Å². The van der Waals surface area contributed by atoms with Crippen LogP contribution in [0.15, 0.2) is 0 Å². The maximum atomic E-state index is 11.7. The van der Waals surface area contributed by atoms with Crippen LogP contribution in [0.25, 0.3) is 0 Å². The van der Waals surface area contributed by atoms with Gasteiger partial charge in [0.25, 0.3) is 0 Å². The molecule has 2 aliphatic rings. The van der Waals surface area contributed by atoms with Crippen LogP contribution in [0.2, 0.25) is 0 Å². The molecule has 5 nitrogen and oxygen atoms in total. The molecule has 1 saturated carbocycles. The third-order valence-electron chi connectivity index (χ3n) is 4.38. The molecule has 2 unspecified atom stereocenters. The Morgan fingerprint density at radius 3 is 2.63 bits per heavy atom. The predicted octanol–water partition coefficient (Wildman–Crippen LogP) is 1.47. The van der Waals surface area contributed by atoms with Crippen LogP contribution in [0.4, 0.5) is 0 Å². The number of sulfone groups is 1. The van der Waals surface area contributed by atoms with Gasteiger partial charge in [-0.25, -0.2) is 8.42 Å². The summed E-state index contributed by atoms with van der Waals surface area (Å²) in [5.74, 6) is -0.261. The van der Waals surface area contributed by atoms with Gasteiger partial charge in [-0.3, -0.25) is 4.79 Å². The van der Waals surface area contributed by atoms with Crippen LogP contribution in [-0.4, -0.2) is 43.7 Å². The van der Waals surface area contributed by atoms with Crippen LogP contribution in [0.5, 0.6) is 0 Å². The van der Waals surface area contributed by atoms with E-state index in [2.05, 4.69) is 0 Å². The van der Waals surface area contributed by atoms with Crippen LogP contribution >= 0.6 is 0 Å². The zero-order chi connectivity index (χ0) is 14.1. The standard InChI is InChI=1S/C13H22O5S/c1-2-19(16,17)9-3-6-13(12(14)15)7-8-18-11(13)10-4-5-10/h10-11H,2-9H2,1H3,(H,14,15). The molecule has 1 aliphatic carbocycles. The Morgan fingerprint density at radius 2 is 2.11 bits per heavy atom. The van der Waals surface area contributed by atoms with Crippen LogP contribution in [0, 0.1) is 11.3 Å². The highest BCUT2D eigenvalue weighted by atomic mass is 32.2. The van der Waals surface area contributed by atoms with Crippen LogP contribution < -0.4 is 0 Å². The summed E-state index contributed by atoms with van der Waals surface area (Å²) in [6.45, 7) is 2.10. The molecular formula is C13H22O5S. The summed E-state index contributed by atoms with van der Waals surface area (Å²) < 4.78 is 28.6. The number of carbonyl (C=O) groups is 1. The second-order valence-electron chi connectivity index (χ2n) is 5.68. The van der Waals surface area contributed by atoms with Crippen molar-refractivity contribution in [2.75, 3.05) is 18.1 Å². The zero-order valence-corrected chi connectivity index (χ0v) is 12.1. The molecule has 0 bridgehead atoms. The highest BCUT2D eigenvalue weighted by Gasteiger charge is 2.55. The molecule has 0 aromatic carbocycles. The predicted molar refractivity (Wildman–Crippen MR) is 70.7 cm³/mol. The molecule has 0 amide bonds. The van der Waals surface area contributed by atoms with Crippen molar-refractivity contribution in [1.82, 2.24) is 0 Å². The molecule has 2 rings (SSSR count). The minimum atomic E-state index is -3.02. The first-order chi connectivity index (χ1) is 8.91. The Labute approximate surface area is 114 Å². The fourth-order valence-electron chi connectivity index (χ4n) is 3.01. The number of carboxylic acids is 1. The number of carboxylic acid groups (broad SMARTS) is 1. The van der Waals surface area contributed by atoms with E-state index < -0.39 is 21.2 Å². The topological polar surface area (TPSA) is 80.7 Å². The number of ether oxygens (including phenoxy) is 1. The van der Waals surface area contributed by atoms with E-state index in [0.29, 0.717) is 31.8 Å². The fourth-order valence-corrected chi connectivity index (χ4v) is 3.88. The molecule has 6 heteroatoms. The third-order valence-corrected chi connectivity index (χ3v) is 6.17. The molecule has 1 N–H and O–H groups in total. The number of rotatable bonds is 7. The molecule has 2 fully saturated rings. The Bertz CT molecular complexity index is 440. The maximum Gasteiger partial charge on any atom is 0.312 e. The Hall–Kier alpha value is -0.620. The highest BCUT2D eigenvalue weighted by Crippen LogP contribution is 2.50. The minimum absolute atomic E-state index is 0.0793. The maximum absolute atomic E-state index is 11.7. The van der Waals surface area contributed by atoms with Crippen molar-refractivity contribution < 1.29 is 23.1 Å². The van der Waals surface area contributed by atoms with Crippen molar-refractivity contribution >= 4 is 15.8 Å². The number of hydrogen-bond acceptors (Lipinski definition) is 4. The van der Waals surface area contributed by atoms with Gasteiger partial charge in [0.15, 0.2) is 0 Å². The average Bonchev–Trinajstić information content (AvgIpc) is 3.10. The molecule has 1 heterocycles. The third kappa shape index (κ3) is 3.11. The lowest BCUT2D eigenvalue weighted by atomic mass is 9.75. The number of aliphatic carboxylic acids is 1. The smallest absolute Gasteiger partial charge is 0.312 e. The van der Waals surface area contributed by atoms with Gasteiger partial charge >= 0.3 is 5.97 Å². The summed E-state index contributed by atoms with van der Waals surface area (Å²) >= 11 is 0. The molecule has 110 valence electrons. The second kappa shape index (κ2) is 5.40. The van der Waals surface area contributed by atoms with E-state index in [1.54, 1.807) is 6.92 Å². The summed E-state index contributed by atoms with van der Waals surface area (Å²) in [6, 6.07) is 0. The van der Waals surface area contributed by atoms with Gasteiger partial charge in [0, 0.05) is 12.4 Å². The van der Waals surface area contributed by atoms with Crippen LogP contribution in [0.1, 0.15) is 39.0 Å². The average molecular weight is 290 g/mol. The quantitative estimate of drug-likeness (QED) is 0.768. The first kappa shape index (κ1) is 14.8. The van der Waals surface area contributed by atoms with Crippen molar-refractivity contribution in [2.45, 2.75) is 45.1 Å². The summed E-state index contributed by atoms with van der Waals surface area (Å²) in [7, 11) is -3.02. The first-order valence-corrected chi connectivity index (χ1v) is 8.79. The van der Waals surface area contributed by atoms with Gasteiger partial charge in [0.05, 0.1) is 17.3 Å². The van der Waals surface area contributed by atoms with E-state index >= 15 is 0 Å². The van der Waals surface area contributed by atoms with Crippen molar-refractivity contribution in [3.05, 3.63) is 0 Å².